The molecule has 2 atom stereocenters. The molecule has 3 nitrogen and oxygen atoms in total. The van der Waals surface area contributed by atoms with Crippen molar-refractivity contribution in [2.24, 2.45) is 5.92 Å². The summed E-state index contributed by atoms with van der Waals surface area (Å²) < 4.78 is 0. The van der Waals surface area contributed by atoms with Gasteiger partial charge in [0.2, 0.25) is 5.91 Å². The molecule has 0 radical (unpaired) electrons. The van der Waals surface area contributed by atoms with Crippen LogP contribution in [0.15, 0.2) is 60.7 Å². The van der Waals surface area contributed by atoms with Crippen molar-refractivity contribution in [3.63, 3.8) is 0 Å². The maximum Gasteiger partial charge on any atom is 0.225 e. The zero-order chi connectivity index (χ0) is 19.6. The summed E-state index contributed by atoms with van der Waals surface area (Å²) >= 11 is 0. The third-order valence-corrected chi connectivity index (χ3v) is 7.55. The van der Waals surface area contributed by atoms with Crippen LogP contribution in [0, 0.1) is 5.92 Å². The van der Waals surface area contributed by atoms with Gasteiger partial charge in [0, 0.05) is 31.0 Å². The highest BCUT2D eigenvalue weighted by atomic mass is 16.2. The van der Waals surface area contributed by atoms with Crippen LogP contribution in [0.5, 0.6) is 0 Å². The van der Waals surface area contributed by atoms with Crippen LogP contribution in [0.2, 0.25) is 0 Å². The van der Waals surface area contributed by atoms with E-state index in [-0.39, 0.29) is 0 Å². The van der Waals surface area contributed by atoms with Crippen molar-refractivity contribution in [1.82, 2.24) is 9.80 Å². The second-order valence-electron chi connectivity index (χ2n) is 9.18. The molecule has 0 bridgehead atoms. The number of carbonyl (C=O) groups is 1. The minimum Gasteiger partial charge on any atom is -0.340 e. The first-order chi connectivity index (χ1) is 14.3. The normalized spacial score (nSPS) is 26.4. The van der Waals surface area contributed by atoms with E-state index < -0.39 is 0 Å². The summed E-state index contributed by atoms with van der Waals surface area (Å²) in [4.78, 5) is 17.9. The van der Waals surface area contributed by atoms with E-state index in [1.54, 1.807) is 0 Å². The van der Waals surface area contributed by atoms with E-state index in [1.807, 2.05) is 0 Å². The lowest BCUT2D eigenvalue weighted by molar-refractivity contribution is -0.137. The summed E-state index contributed by atoms with van der Waals surface area (Å²) in [6.07, 6.45) is 5.86. The summed E-state index contributed by atoms with van der Waals surface area (Å²) in [6, 6.07) is 22.3. The maximum absolute atomic E-state index is 13.0. The number of piperidine rings is 1. The van der Waals surface area contributed by atoms with Crippen LogP contribution in [0.25, 0.3) is 0 Å². The number of likely N-dealkylation sites (tertiary alicyclic amines) is 2. The molecule has 2 aliphatic heterocycles. The Morgan fingerprint density at radius 3 is 1.97 bits per heavy atom. The smallest absolute Gasteiger partial charge is 0.225 e. The molecule has 29 heavy (non-hydrogen) atoms. The Kier molecular flexibility index (Phi) is 5.41. The van der Waals surface area contributed by atoms with Crippen molar-refractivity contribution >= 4 is 5.91 Å². The third-order valence-electron chi connectivity index (χ3n) is 7.55. The standard InChI is InChI=1S/C26H32N2O/c29-26(23-12-7-13-23)28-18-24(22-10-5-2-6-11-22)25(19-28)27-16-14-21(15-17-27)20-8-3-1-4-9-20/h1-6,8-11,21,23-25H,7,12-19H2/t24-,25+/m1/s1. The topological polar surface area (TPSA) is 23.6 Å². The van der Waals surface area contributed by atoms with E-state index >= 15 is 0 Å². The van der Waals surface area contributed by atoms with Crippen LogP contribution in [0.3, 0.4) is 0 Å². The number of carbonyl (C=O) groups excluding carboxylic acids is 1. The van der Waals surface area contributed by atoms with Crippen molar-refractivity contribution < 1.29 is 4.79 Å². The Hall–Kier alpha value is -2.13. The van der Waals surface area contributed by atoms with Gasteiger partial charge >= 0.3 is 0 Å². The van der Waals surface area contributed by atoms with Crippen LogP contribution in [-0.2, 0) is 4.79 Å². The van der Waals surface area contributed by atoms with E-state index in [4.69, 9.17) is 0 Å². The highest BCUT2D eigenvalue weighted by Gasteiger charge is 2.42. The number of rotatable bonds is 4. The lowest BCUT2D eigenvalue weighted by Crippen LogP contribution is -2.45. The number of nitrogens with zero attached hydrogens (tertiary/aromatic N) is 2. The number of hydrogen-bond acceptors (Lipinski definition) is 2. The molecule has 0 aromatic heterocycles. The molecule has 1 saturated carbocycles. The molecule has 3 aliphatic rings. The first-order valence-corrected chi connectivity index (χ1v) is 11.4. The maximum atomic E-state index is 13.0. The van der Waals surface area contributed by atoms with Gasteiger partial charge in [0.1, 0.15) is 0 Å². The van der Waals surface area contributed by atoms with Gasteiger partial charge in [0.25, 0.3) is 0 Å². The first-order valence-electron chi connectivity index (χ1n) is 11.4. The predicted octanol–water partition coefficient (Wildman–Crippen LogP) is 4.66. The van der Waals surface area contributed by atoms with E-state index in [0.717, 1.165) is 39.0 Å². The monoisotopic (exact) mass is 388 g/mol. The van der Waals surface area contributed by atoms with Crippen molar-refractivity contribution in [2.45, 2.75) is 50.0 Å². The van der Waals surface area contributed by atoms with Crippen LogP contribution in [-0.4, -0.2) is 47.9 Å². The Morgan fingerprint density at radius 2 is 1.38 bits per heavy atom. The summed E-state index contributed by atoms with van der Waals surface area (Å²) in [5.74, 6) is 1.83. The molecule has 3 heteroatoms. The number of amides is 1. The van der Waals surface area contributed by atoms with Crippen molar-refractivity contribution in [3.05, 3.63) is 71.8 Å². The highest BCUT2D eigenvalue weighted by Crippen LogP contribution is 2.37. The first kappa shape index (κ1) is 18.9. The van der Waals surface area contributed by atoms with E-state index in [1.165, 1.54) is 30.4 Å². The molecular formula is C26H32N2O. The van der Waals surface area contributed by atoms with E-state index in [9.17, 15) is 4.79 Å². The number of benzene rings is 2. The summed E-state index contributed by atoms with van der Waals surface area (Å²) in [5, 5.41) is 0. The van der Waals surface area contributed by atoms with Gasteiger partial charge in [-0.15, -0.1) is 0 Å². The van der Waals surface area contributed by atoms with E-state index in [2.05, 4.69) is 70.5 Å². The number of hydrogen-bond donors (Lipinski definition) is 0. The van der Waals surface area contributed by atoms with Gasteiger partial charge in [-0.3, -0.25) is 9.69 Å². The Bertz CT molecular complexity index is 809. The van der Waals surface area contributed by atoms with Gasteiger partial charge in [-0.05, 0) is 55.8 Å². The Balaban J connectivity index is 1.30. The molecule has 2 saturated heterocycles. The summed E-state index contributed by atoms with van der Waals surface area (Å²) in [6.45, 7) is 4.07. The fourth-order valence-electron chi connectivity index (χ4n) is 5.57. The largest absolute Gasteiger partial charge is 0.340 e. The average Bonchev–Trinajstić information content (AvgIpc) is 3.19. The van der Waals surface area contributed by atoms with Gasteiger partial charge in [0.15, 0.2) is 0 Å². The predicted molar refractivity (Wildman–Crippen MR) is 117 cm³/mol. The lowest BCUT2D eigenvalue weighted by atomic mass is 9.84. The third kappa shape index (κ3) is 3.85. The molecule has 3 fully saturated rings. The zero-order valence-electron chi connectivity index (χ0n) is 17.2. The van der Waals surface area contributed by atoms with Gasteiger partial charge in [-0.2, -0.15) is 0 Å². The minimum atomic E-state index is 0.300. The van der Waals surface area contributed by atoms with Crippen molar-refractivity contribution in [2.75, 3.05) is 26.2 Å². The van der Waals surface area contributed by atoms with Gasteiger partial charge in [-0.25, -0.2) is 0 Å². The van der Waals surface area contributed by atoms with Crippen molar-refractivity contribution in [3.8, 4) is 0 Å². The molecule has 2 aromatic rings. The second kappa shape index (κ2) is 8.31. The van der Waals surface area contributed by atoms with Crippen LogP contribution >= 0.6 is 0 Å². The Labute approximate surface area is 174 Å². The molecular weight excluding hydrogens is 356 g/mol. The lowest BCUT2D eigenvalue weighted by Gasteiger charge is -2.38. The molecule has 2 aromatic carbocycles. The van der Waals surface area contributed by atoms with Crippen LogP contribution < -0.4 is 0 Å². The molecule has 0 unspecified atom stereocenters. The molecule has 0 N–H and O–H groups in total. The van der Waals surface area contributed by atoms with E-state index in [0.29, 0.717) is 29.7 Å². The highest BCUT2D eigenvalue weighted by molar-refractivity contribution is 5.80. The molecule has 1 aliphatic carbocycles. The summed E-state index contributed by atoms with van der Waals surface area (Å²) in [7, 11) is 0. The van der Waals surface area contributed by atoms with Gasteiger partial charge in [-0.1, -0.05) is 67.1 Å². The SMILES string of the molecule is O=C(C1CCC1)N1C[C@H](c2ccccc2)[C@@H](N2CCC(c3ccccc3)CC2)C1. The molecule has 2 heterocycles. The van der Waals surface area contributed by atoms with Crippen LogP contribution in [0.1, 0.15) is 55.1 Å². The molecule has 1 amide bonds. The van der Waals surface area contributed by atoms with Gasteiger partial charge < -0.3 is 4.90 Å². The fourth-order valence-corrected chi connectivity index (χ4v) is 5.57. The minimum absolute atomic E-state index is 0.300. The zero-order valence-corrected chi connectivity index (χ0v) is 17.2. The molecule has 152 valence electrons. The van der Waals surface area contributed by atoms with Crippen LogP contribution in [0.4, 0.5) is 0 Å². The van der Waals surface area contributed by atoms with Gasteiger partial charge in [0.05, 0.1) is 0 Å². The second-order valence-corrected chi connectivity index (χ2v) is 9.18. The summed E-state index contributed by atoms with van der Waals surface area (Å²) in [5.41, 5.74) is 2.88. The fraction of sp³-hybridized carbons (Fsp3) is 0.500. The van der Waals surface area contributed by atoms with Crippen molar-refractivity contribution in [1.29, 1.82) is 0 Å². The Morgan fingerprint density at radius 1 is 0.759 bits per heavy atom. The molecule has 5 rings (SSSR count). The quantitative estimate of drug-likeness (QED) is 0.760. The average molecular weight is 389 g/mol. The molecule has 0 spiro atoms.